The first-order chi connectivity index (χ1) is 11.1. The van der Waals surface area contributed by atoms with Crippen LogP contribution >= 0.6 is 11.3 Å². The molecular formula is C14H10N4O4S. The van der Waals surface area contributed by atoms with Crippen LogP contribution in [0.3, 0.4) is 0 Å². The van der Waals surface area contributed by atoms with Gasteiger partial charge in [0.15, 0.2) is 5.13 Å². The number of aromatic nitrogens is 3. The van der Waals surface area contributed by atoms with Crippen LogP contribution in [0.5, 0.6) is 5.88 Å². The maximum absolute atomic E-state index is 12.1. The number of thiazole rings is 1. The molecular weight excluding hydrogens is 320 g/mol. The van der Waals surface area contributed by atoms with Gasteiger partial charge >= 0.3 is 5.97 Å². The van der Waals surface area contributed by atoms with Gasteiger partial charge < -0.3 is 9.84 Å². The smallest absolute Gasteiger partial charge is 0.335 e. The molecule has 2 heterocycles. The molecule has 0 aliphatic heterocycles. The molecule has 0 fully saturated rings. The predicted molar refractivity (Wildman–Crippen MR) is 83.1 cm³/mol. The molecule has 0 spiro atoms. The summed E-state index contributed by atoms with van der Waals surface area (Å²) in [6.07, 6.45) is 2.64. The van der Waals surface area contributed by atoms with Gasteiger partial charge in [-0.2, -0.15) is 0 Å². The Morgan fingerprint density at radius 3 is 2.74 bits per heavy atom. The van der Waals surface area contributed by atoms with Gasteiger partial charge in [0.1, 0.15) is 5.69 Å². The number of fused-ring (bicyclic) bond motifs is 1. The van der Waals surface area contributed by atoms with E-state index in [9.17, 15) is 9.59 Å². The zero-order valence-corrected chi connectivity index (χ0v) is 12.6. The SMILES string of the molecule is COc1cnc(C(=O)Nc2nc3ccc(C(=O)O)cc3s2)cn1. The Balaban J connectivity index is 1.82. The summed E-state index contributed by atoms with van der Waals surface area (Å²) in [5, 5.41) is 11.9. The fourth-order valence-electron chi connectivity index (χ4n) is 1.81. The first-order valence-corrected chi connectivity index (χ1v) is 7.20. The van der Waals surface area contributed by atoms with Crippen LogP contribution in [-0.4, -0.2) is 39.0 Å². The van der Waals surface area contributed by atoms with Gasteiger partial charge in [-0.3, -0.25) is 10.1 Å². The number of carboxylic acid groups (broad SMARTS) is 1. The van der Waals surface area contributed by atoms with Gasteiger partial charge in [0.25, 0.3) is 5.91 Å². The molecule has 0 bridgehead atoms. The minimum atomic E-state index is -1.01. The van der Waals surface area contributed by atoms with Crippen LogP contribution in [0.4, 0.5) is 5.13 Å². The average molecular weight is 330 g/mol. The summed E-state index contributed by atoms with van der Waals surface area (Å²) in [5.41, 5.74) is 0.896. The molecule has 8 nitrogen and oxygen atoms in total. The number of carboxylic acids is 1. The molecule has 0 aliphatic rings. The summed E-state index contributed by atoms with van der Waals surface area (Å²) in [4.78, 5) is 35.1. The summed E-state index contributed by atoms with van der Waals surface area (Å²) < 4.78 is 5.54. The molecule has 1 aromatic carbocycles. The second-order valence-corrected chi connectivity index (χ2v) is 5.44. The number of methoxy groups -OCH3 is 1. The van der Waals surface area contributed by atoms with Crippen molar-refractivity contribution in [1.29, 1.82) is 0 Å². The molecule has 0 unspecified atom stereocenters. The molecule has 0 saturated carbocycles. The van der Waals surface area contributed by atoms with Crippen molar-refractivity contribution < 1.29 is 19.4 Å². The van der Waals surface area contributed by atoms with Gasteiger partial charge in [-0.25, -0.2) is 19.7 Å². The molecule has 23 heavy (non-hydrogen) atoms. The third-order valence-corrected chi connectivity index (χ3v) is 3.86. The minimum Gasteiger partial charge on any atom is -0.480 e. The quantitative estimate of drug-likeness (QED) is 0.752. The Bertz CT molecular complexity index is 891. The lowest BCUT2D eigenvalue weighted by molar-refractivity contribution is 0.0697. The van der Waals surface area contributed by atoms with Gasteiger partial charge in [0.05, 0.1) is 35.3 Å². The largest absolute Gasteiger partial charge is 0.480 e. The fraction of sp³-hybridized carbons (Fsp3) is 0.0714. The van der Waals surface area contributed by atoms with E-state index in [1.54, 1.807) is 6.07 Å². The van der Waals surface area contributed by atoms with Crippen molar-refractivity contribution in [3.63, 3.8) is 0 Å². The summed E-state index contributed by atoms with van der Waals surface area (Å²) >= 11 is 1.18. The lowest BCUT2D eigenvalue weighted by atomic mass is 10.2. The van der Waals surface area contributed by atoms with Crippen LogP contribution in [0.2, 0.25) is 0 Å². The Morgan fingerprint density at radius 1 is 1.26 bits per heavy atom. The number of hydrogen-bond donors (Lipinski definition) is 2. The molecule has 0 saturated heterocycles. The third-order valence-electron chi connectivity index (χ3n) is 2.93. The van der Waals surface area contributed by atoms with Crippen molar-refractivity contribution in [2.45, 2.75) is 0 Å². The fourth-order valence-corrected chi connectivity index (χ4v) is 2.71. The van der Waals surface area contributed by atoms with Gasteiger partial charge in [-0.1, -0.05) is 11.3 Å². The van der Waals surface area contributed by atoms with Crippen molar-refractivity contribution in [1.82, 2.24) is 15.0 Å². The van der Waals surface area contributed by atoms with E-state index in [1.807, 2.05) is 0 Å². The number of aromatic carboxylic acids is 1. The second-order valence-electron chi connectivity index (χ2n) is 4.40. The van der Waals surface area contributed by atoms with E-state index in [4.69, 9.17) is 9.84 Å². The highest BCUT2D eigenvalue weighted by atomic mass is 32.1. The second kappa shape index (κ2) is 5.97. The third kappa shape index (κ3) is 3.09. The van der Waals surface area contributed by atoms with Gasteiger partial charge in [-0.05, 0) is 18.2 Å². The maximum Gasteiger partial charge on any atom is 0.335 e. The average Bonchev–Trinajstić information content (AvgIpc) is 2.96. The number of hydrogen-bond acceptors (Lipinski definition) is 7. The Hall–Kier alpha value is -3.07. The molecule has 1 amide bonds. The zero-order chi connectivity index (χ0) is 16.4. The summed E-state index contributed by atoms with van der Waals surface area (Å²) in [6.45, 7) is 0. The topological polar surface area (TPSA) is 114 Å². The van der Waals surface area contributed by atoms with E-state index in [2.05, 4.69) is 20.3 Å². The summed E-state index contributed by atoms with van der Waals surface area (Å²) in [6, 6.07) is 4.57. The van der Waals surface area contributed by atoms with Crippen LogP contribution in [-0.2, 0) is 0 Å². The van der Waals surface area contributed by atoms with E-state index in [0.717, 1.165) is 0 Å². The molecule has 0 aliphatic carbocycles. The summed E-state index contributed by atoms with van der Waals surface area (Å²) in [7, 11) is 1.45. The number of benzene rings is 1. The number of carbonyl (C=O) groups is 2. The highest BCUT2D eigenvalue weighted by Gasteiger charge is 2.13. The van der Waals surface area contributed by atoms with Gasteiger partial charge in [0, 0.05) is 0 Å². The van der Waals surface area contributed by atoms with E-state index >= 15 is 0 Å². The first kappa shape index (κ1) is 14.9. The lowest BCUT2D eigenvalue weighted by Crippen LogP contribution is -2.13. The molecule has 116 valence electrons. The predicted octanol–water partition coefficient (Wildman–Crippen LogP) is 2.05. The number of nitrogens with zero attached hydrogens (tertiary/aromatic N) is 3. The molecule has 3 rings (SSSR count). The molecule has 0 atom stereocenters. The van der Waals surface area contributed by atoms with Crippen molar-refractivity contribution >= 4 is 38.6 Å². The molecule has 2 aromatic heterocycles. The number of amides is 1. The summed E-state index contributed by atoms with van der Waals surface area (Å²) in [5.74, 6) is -1.17. The van der Waals surface area contributed by atoms with Crippen LogP contribution < -0.4 is 10.1 Å². The van der Waals surface area contributed by atoms with Crippen molar-refractivity contribution in [2.75, 3.05) is 12.4 Å². The van der Waals surface area contributed by atoms with Gasteiger partial charge in [-0.15, -0.1) is 0 Å². The van der Waals surface area contributed by atoms with Crippen LogP contribution in [0.25, 0.3) is 10.2 Å². The van der Waals surface area contributed by atoms with E-state index in [-0.39, 0.29) is 11.3 Å². The highest BCUT2D eigenvalue weighted by molar-refractivity contribution is 7.22. The monoisotopic (exact) mass is 330 g/mol. The number of ether oxygens (including phenoxy) is 1. The number of rotatable bonds is 4. The van der Waals surface area contributed by atoms with Crippen molar-refractivity contribution in [3.05, 3.63) is 41.9 Å². The van der Waals surface area contributed by atoms with Crippen LogP contribution in [0.1, 0.15) is 20.8 Å². The van der Waals surface area contributed by atoms with E-state index in [0.29, 0.717) is 21.2 Å². The molecule has 2 N–H and O–H groups in total. The van der Waals surface area contributed by atoms with E-state index < -0.39 is 11.9 Å². The lowest BCUT2D eigenvalue weighted by Gasteiger charge is -2.01. The minimum absolute atomic E-state index is 0.122. The zero-order valence-electron chi connectivity index (χ0n) is 11.8. The standard InChI is InChI=1S/C14H10N4O4S/c1-22-11-6-15-9(5-16-11)12(19)18-14-17-8-3-2-7(13(20)21)4-10(8)23-14/h2-6H,1H3,(H,20,21)(H,17,18,19). The van der Waals surface area contributed by atoms with Gasteiger partial charge in [0.2, 0.25) is 5.88 Å². The van der Waals surface area contributed by atoms with Crippen LogP contribution in [0.15, 0.2) is 30.6 Å². The molecule has 9 heteroatoms. The Kier molecular flexibility index (Phi) is 3.85. The molecule has 0 radical (unpaired) electrons. The normalized spacial score (nSPS) is 10.5. The van der Waals surface area contributed by atoms with Crippen molar-refractivity contribution in [3.8, 4) is 5.88 Å². The number of carbonyl (C=O) groups excluding carboxylic acids is 1. The number of nitrogens with one attached hydrogen (secondary N) is 1. The maximum atomic E-state index is 12.1. The molecule has 3 aromatic rings. The Labute approximate surface area is 133 Å². The first-order valence-electron chi connectivity index (χ1n) is 6.38. The van der Waals surface area contributed by atoms with Crippen molar-refractivity contribution in [2.24, 2.45) is 0 Å². The number of anilines is 1. The Morgan fingerprint density at radius 2 is 2.09 bits per heavy atom. The van der Waals surface area contributed by atoms with Crippen LogP contribution in [0, 0.1) is 0 Å². The van der Waals surface area contributed by atoms with E-state index in [1.165, 1.54) is 43.0 Å². The highest BCUT2D eigenvalue weighted by Crippen LogP contribution is 2.27.